The molecule has 0 saturated heterocycles. The molecule has 2 aromatic carbocycles. The SMILES string of the molecule is CC(C)Oc1ccc(Br)cc1C(=O)Nc1ccccc1. The van der Waals surface area contributed by atoms with Crippen LogP contribution in [0.5, 0.6) is 5.75 Å². The summed E-state index contributed by atoms with van der Waals surface area (Å²) >= 11 is 3.38. The van der Waals surface area contributed by atoms with E-state index in [1.165, 1.54) is 0 Å². The normalized spacial score (nSPS) is 10.4. The highest BCUT2D eigenvalue weighted by molar-refractivity contribution is 9.10. The Labute approximate surface area is 127 Å². The van der Waals surface area contributed by atoms with E-state index in [4.69, 9.17) is 4.74 Å². The molecular formula is C16H16BrNO2. The Morgan fingerprint density at radius 3 is 2.50 bits per heavy atom. The van der Waals surface area contributed by atoms with Crippen LogP contribution < -0.4 is 10.1 Å². The number of nitrogens with one attached hydrogen (secondary N) is 1. The minimum absolute atomic E-state index is 0.0134. The second-order valence-corrected chi connectivity index (χ2v) is 5.54. The summed E-state index contributed by atoms with van der Waals surface area (Å²) in [6, 6.07) is 14.8. The standard InChI is InChI=1S/C16H16BrNO2/c1-11(2)20-15-9-8-12(17)10-14(15)16(19)18-13-6-4-3-5-7-13/h3-11H,1-2H3,(H,18,19). The molecule has 0 aliphatic rings. The van der Waals surface area contributed by atoms with Crippen LogP contribution in [-0.4, -0.2) is 12.0 Å². The molecule has 2 rings (SSSR count). The highest BCUT2D eigenvalue weighted by Crippen LogP contribution is 2.25. The van der Waals surface area contributed by atoms with E-state index in [0.717, 1.165) is 10.2 Å². The topological polar surface area (TPSA) is 38.3 Å². The van der Waals surface area contributed by atoms with Crippen molar-refractivity contribution in [2.24, 2.45) is 0 Å². The van der Waals surface area contributed by atoms with Crippen molar-refractivity contribution < 1.29 is 9.53 Å². The fourth-order valence-corrected chi connectivity index (χ4v) is 2.12. The number of carbonyl (C=O) groups is 1. The lowest BCUT2D eigenvalue weighted by Crippen LogP contribution is -2.15. The van der Waals surface area contributed by atoms with Gasteiger partial charge in [-0.2, -0.15) is 0 Å². The van der Waals surface area contributed by atoms with Crippen LogP contribution in [0.1, 0.15) is 24.2 Å². The zero-order chi connectivity index (χ0) is 14.5. The van der Waals surface area contributed by atoms with Gasteiger partial charge in [-0.3, -0.25) is 4.79 Å². The van der Waals surface area contributed by atoms with Crippen LogP contribution in [0.25, 0.3) is 0 Å². The maximum atomic E-state index is 12.4. The Morgan fingerprint density at radius 1 is 1.15 bits per heavy atom. The van der Waals surface area contributed by atoms with Crippen LogP contribution >= 0.6 is 15.9 Å². The number of benzene rings is 2. The van der Waals surface area contributed by atoms with E-state index >= 15 is 0 Å². The van der Waals surface area contributed by atoms with Gasteiger partial charge in [0.05, 0.1) is 11.7 Å². The lowest BCUT2D eigenvalue weighted by Gasteiger charge is -2.14. The number of rotatable bonds is 4. The van der Waals surface area contributed by atoms with Crippen molar-refractivity contribution >= 4 is 27.5 Å². The van der Waals surface area contributed by atoms with Crippen molar-refractivity contribution in [3.8, 4) is 5.75 Å². The summed E-state index contributed by atoms with van der Waals surface area (Å²) in [7, 11) is 0. The summed E-state index contributed by atoms with van der Waals surface area (Å²) in [5.74, 6) is 0.393. The lowest BCUT2D eigenvalue weighted by molar-refractivity contribution is 0.102. The van der Waals surface area contributed by atoms with E-state index in [-0.39, 0.29) is 12.0 Å². The first-order chi connectivity index (χ1) is 9.56. The monoisotopic (exact) mass is 333 g/mol. The molecule has 0 aliphatic heterocycles. The lowest BCUT2D eigenvalue weighted by atomic mass is 10.1. The molecule has 0 radical (unpaired) electrons. The second kappa shape index (κ2) is 6.57. The first-order valence-corrected chi connectivity index (χ1v) is 7.18. The number of hydrogen-bond acceptors (Lipinski definition) is 2. The quantitative estimate of drug-likeness (QED) is 0.895. The Morgan fingerprint density at radius 2 is 1.85 bits per heavy atom. The van der Waals surface area contributed by atoms with E-state index in [0.29, 0.717) is 11.3 Å². The van der Waals surface area contributed by atoms with Gasteiger partial charge in [-0.05, 0) is 44.2 Å². The van der Waals surface area contributed by atoms with Gasteiger partial charge in [-0.25, -0.2) is 0 Å². The molecule has 0 aliphatic carbocycles. The molecule has 0 spiro atoms. The van der Waals surface area contributed by atoms with E-state index in [1.54, 1.807) is 12.1 Å². The fourth-order valence-electron chi connectivity index (χ4n) is 1.76. The van der Waals surface area contributed by atoms with Gasteiger partial charge in [0.25, 0.3) is 5.91 Å². The molecule has 0 unspecified atom stereocenters. The molecule has 0 saturated carbocycles. The van der Waals surface area contributed by atoms with Crippen molar-refractivity contribution in [2.75, 3.05) is 5.32 Å². The third-order valence-electron chi connectivity index (χ3n) is 2.58. The van der Waals surface area contributed by atoms with Crippen LogP contribution in [0.3, 0.4) is 0 Å². The van der Waals surface area contributed by atoms with Gasteiger partial charge < -0.3 is 10.1 Å². The predicted molar refractivity (Wildman–Crippen MR) is 84.3 cm³/mol. The molecule has 1 amide bonds. The average Bonchev–Trinajstić information content (AvgIpc) is 2.41. The van der Waals surface area contributed by atoms with Crippen LogP contribution in [0.4, 0.5) is 5.69 Å². The minimum Gasteiger partial charge on any atom is -0.490 e. The first-order valence-electron chi connectivity index (χ1n) is 6.39. The summed E-state index contributed by atoms with van der Waals surface area (Å²) in [6.45, 7) is 3.86. The average molecular weight is 334 g/mol. The highest BCUT2D eigenvalue weighted by atomic mass is 79.9. The van der Waals surface area contributed by atoms with Crippen molar-refractivity contribution in [2.45, 2.75) is 20.0 Å². The highest BCUT2D eigenvalue weighted by Gasteiger charge is 2.14. The van der Waals surface area contributed by atoms with Crippen LogP contribution in [0.15, 0.2) is 53.0 Å². The zero-order valence-corrected chi connectivity index (χ0v) is 13.0. The van der Waals surface area contributed by atoms with Gasteiger partial charge in [0, 0.05) is 10.2 Å². The molecule has 0 fully saturated rings. The van der Waals surface area contributed by atoms with Gasteiger partial charge in [0.1, 0.15) is 5.75 Å². The Kier molecular flexibility index (Phi) is 4.79. The van der Waals surface area contributed by atoms with Gasteiger partial charge in [-0.15, -0.1) is 0 Å². The number of amides is 1. The van der Waals surface area contributed by atoms with E-state index < -0.39 is 0 Å². The third kappa shape index (κ3) is 3.84. The fraction of sp³-hybridized carbons (Fsp3) is 0.188. The summed E-state index contributed by atoms with van der Waals surface area (Å²) in [5, 5.41) is 2.86. The maximum Gasteiger partial charge on any atom is 0.259 e. The van der Waals surface area contributed by atoms with Gasteiger partial charge in [-0.1, -0.05) is 34.1 Å². The second-order valence-electron chi connectivity index (χ2n) is 4.63. The number of halogens is 1. The first kappa shape index (κ1) is 14.6. The maximum absolute atomic E-state index is 12.4. The molecule has 1 N–H and O–H groups in total. The molecule has 3 nitrogen and oxygen atoms in total. The smallest absolute Gasteiger partial charge is 0.259 e. The molecule has 0 aromatic heterocycles. The van der Waals surface area contributed by atoms with Gasteiger partial charge in [0.15, 0.2) is 0 Å². The van der Waals surface area contributed by atoms with Crippen LogP contribution in [0.2, 0.25) is 0 Å². The largest absolute Gasteiger partial charge is 0.490 e. The molecule has 104 valence electrons. The summed E-state index contributed by atoms with van der Waals surface area (Å²) < 4.78 is 6.52. The molecule has 4 heteroatoms. The predicted octanol–water partition coefficient (Wildman–Crippen LogP) is 4.49. The number of anilines is 1. The molecule has 20 heavy (non-hydrogen) atoms. The molecule has 2 aromatic rings. The third-order valence-corrected chi connectivity index (χ3v) is 3.07. The van der Waals surface area contributed by atoms with E-state index in [2.05, 4.69) is 21.2 Å². The van der Waals surface area contributed by atoms with Crippen molar-refractivity contribution in [3.05, 3.63) is 58.6 Å². The Bertz CT molecular complexity index is 597. The number of ether oxygens (including phenoxy) is 1. The van der Waals surface area contributed by atoms with Crippen molar-refractivity contribution in [1.82, 2.24) is 0 Å². The van der Waals surface area contributed by atoms with Gasteiger partial charge in [0.2, 0.25) is 0 Å². The van der Waals surface area contributed by atoms with E-state index in [9.17, 15) is 4.79 Å². The van der Waals surface area contributed by atoms with Crippen molar-refractivity contribution in [3.63, 3.8) is 0 Å². The molecule has 0 atom stereocenters. The van der Waals surface area contributed by atoms with Crippen LogP contribution in [0, 0.1) is 0 Å². The minimum atomic E-state index is -0.187. The van der Waals surface area contributed by atoms with E-state index in [1.807, 2.05) is 50.2 Å². The van der Waals surface area contributed by atoms with Crippen molar-refractivity contribution in [1.29, 1.82) is 0 Å². The summed E-state index contributed by atoms with van der Waals surface area (Å²) in [4.78, 5) is 12.4. The summed E-state index contributed by atoms with van der Waals surface area (Å²) in [5.41, 5.74) is 1.27. The summed E-state index contributed by atoms with van der Waals surface area (Å²) in [6.07, 6.45) is 0.0134. The Hall–Kier alpha value is -1.81. The number of para-hydroxylation sites is 1. The molecule has 0 bridgehead atoms. The van der Waals surface area contributed by atoms with Crippen LogP contribution in [-0.2, 0) is 0 Å². The van der Waals surface area contributed by atoms with Gasteiger partial charge >= 0.3 is 0 Å². The Balaban J connectivity index is 2.26. The zero-order valence-electron chi connectivity index (χ0n) is 11.4. The number of hydrogen-bond donors (Lipinski definition) is 1. The number of carbonyl (C=O) groups excluding carboxylic acids is 1. The molecular weight excluding hydrogens is 318 g/mol. The molecule has 0 heterocycles.